The van der Waals surface area contributed by atoms with E-state index in [-0.39, 0.29) is 11.6 Å². The summed E-state index contributed by atoms with van der Waals surface area (Å²) >= 11 is 3.30. The van der Waals surface area contributed by atoms with Gasteiger partial charge in [0.1, 0.15) is 6.10 Å². The molecule has 17 heavy (non-hydrogen) atoms. The van der Waals surface area contributed by atoms with Gasteiger partial charge in [0.2, 0.25) is 0 Å². The van der Waals surface area contributed by atoms with E-state index in [1.165, 1.54) is 0 Å². The summed E-state index contributed by atoms with van der Waals surface area (Å²) in [7, 11) is 0. The van der Waals surface area contributed by atoms with Gasteiger partial charge in [-0.2, -0.15) is 0 Å². The molecule has 0 fully saturated rings. The van der Waals surface area contributed by atoms with Gasteiger partial charge in [-0.05, 0) is 55.8 Å². The summed E-state index contributed by atoms with van der Waals surface area (Å²) in [5, 5.41) is 2.73. The fraction of sp³-hybridized carbons (Fsp3) is 0.500. The van der Waals surface area contributed by atoms with Gasteiger partial charge in [-0.15, -0.1) is 0 Å². The van der Waals surface area contributed by atoms with E-state index in [4.69, 9.17) is 4.74 Å². The minimum atomic E-state index is -0.435. The van der Waals surface area contributed by atoms with Crippen molar-refractivity contribution in [2.45, 2.75) is 39.3 Å². The van der Waals surface area contributed by atoms with Crippen LogP contribution < -0.4 is 5.32 Å². The van der Waals surface area contributed by atoms with Crippen LogP contribution in [-0.4, -0.2) is 16.6 Å². The summed E-state index contributed by atoms with van der Waals surface area (Å²) in [5.41, 5.74) is 0.418. The normalized spacial score (nSPS) is 13.0. The number of alkyl carbamates (subject to hydrolysis) is 1. The molecule has 1 aromatic heterocycles. The van der Waals surface area contributed by atoms with Gasteiger partial charge in [0, 0.05) is 16.2 Å². The van der Waals surface area contributed by atoms with E-state index in [0.717, 1.165) is 10.2 Å². The molecule has 0 aliphatic rings. The predicted molar refractivity (Wildman–Crippen MR) is 69.7 cm³/mol. The summed E-state index contributed by atoms with van der Waals surface area (Å²) < 4.78 is 6.12. The first-order chi connectivity index (χ1) is 7.78. The zero-order chi connectivity index (χ0) is 13.1. The minimum Gasteiger partial charge on any atom is -0.440 e. The number of carbonyl (C=O) groups is 1. The number of hydrogen-bond acceptors (Lipinski definition) is 3. The van der Waals surface area contributed by atoms with E-state index in [9.17, 15) is 4.79 Å². The number of nitrogens with zero attached hydrogens (tertiary/aromatic N) is 1. The van der Waals surface area contributed by atoms with Crippen LogP contribution in [0.1, 0.15) is 39.5 Å². The Balaban J connectivity index is 2.57. The smallest absolute Gasteiger partial charge is 0.408 e. The maximum absolute atomic E-state index is 11.5. The molecule has 94 valence electrons. The molecule has 0 saturated heterocycles. The summed E-state index contributed by atoms with van der Waals surface area (Å²) in [4.78, 5) is 15.7. The van der Waals surface area contributed by atoms with E-state index < -0.39 is 6.09 Å². The lowest BCUT2D eigenvalue weighted by atomic mass is 10.1. The second kappa shape index (κ2) is 5.49. The second-order valence-electron chi connectivity index (χ2n) is 4.82. The lowest BCUT2D eigenvalue weighted by molar-refractivity contribution is 0.0980. The highest BCUT2D eigenvalue weighted by molar-refractivity contribution is 9.10. The number of hydrogen-bond donors (Lipinski definition) is 1. The SMILES string of the molecule is C[C@H](OC(=O)NC(C)(C)C)c1ccc(Br)cn1. The molecular weight excluding hydrogens is 284 g/mol. The topological polar surface area (TPSA) is 51.2 Å². The molecule has 1 aromatic rings. The van der Waals surface area contributed by atoms with Gasteiger partial charge in [0.05, 0.1) is 5.69 Å². The number of rotatable bonds is 2. The van der Waals surface area contributed by atoms with Gasteiger partial charge < -0.3 is 10.1 Å². The molecule has 1 heterocycles. The van der Waals surface area contributed by atoms with Crippen molar-refractivity contribution < 1.29 is 9.53 Å². The van der Waals surface area contributed by atoms with E-state index >= 15 is 0 Å². The molecule has 0 bridgehead atoms. The first-order valence-electron chi connectivity index (χ1n) is 5.38. The Morgan fingerprint density at radius 3 is 2.59 bits per heavy atom. The quantitative estimate of drug-likeness (QED) is 0.910. The Kier molecular flexibility index (Phi) is 4.51. The summed E-state index contributed by atoms with van der Waals surface area (Å²) in [6.07, 6.45) is 0.872. The third-order valence-corrected chi connectivity index (χ3v) is 2.40. The average Bonchev–Trinajstić information content (AvgIpc) is 2.15. The highest BCUT2D eigenvalue weighted by Gasteiger charge is 2.18. The second-order valence-corrected chi connectivity index (χ2v) is 5.74. The van der Waals surface area contributed by atoms with Gasteiger partial charge in [-0.3, -0.25) is 4.98 Å². The average molecular weight is 301 g/mol. The van der Waals surface area contributed by atoms with Crippen molar-refractivity contribution in [2.24, 2.45) is 0 Å². The van der Waals surface area contributed by atoms with Crippen LogP contribution in [-0.2, 0) is 4.74 Å². The molecule has 1 N–H and O–H groups in total. The molecule has 0 radical (unpaired) electrons. The van der Waals surface area contributed by atoms with Crippen LogP contribution in [0.2, 0.25) is 0 Å². The van der Waals surface area contributed by atoms with E-state index in [1.807, 2.05) is 32.9 Å². The maximum Gasteiger partial charge on any atom is 0.408 e. The number of pyridine rings is 1. The zero-order valence-corrected chi connectivity index (χ0v) is 12.0. The molecule has 0 unspecified atom stereocenters. The number of ether oxygens (including phenoxy) is 1. The first-order valence-corrected chi connectivity index (χ1v) is 6.17. The number of carbonyl (C=O) groups excluding carboxylic acids is 1. The van der Waals surface area contributed by atoms with Crippen LogP contribution in [0.25, 0.3) is 0 Å². The Hall–Kier alpha value is -1.10. The van der Waals surface area contributed by atoms with Gasteiger partial charge in [0.15, 0.2) is 0 Å². The molecule has 0 saturated carbocycles. The molecule has 0 spiro atoms. The molecule has 5 heteroatoms. The lowest BCUT2D eigenvalue weighted by Gasteiger charge is -2.21. The monoisotopic (exact) mass is 300 g/mol. The Morgan fingerprint density at radius 1 is 1.47 bits per heavy atom. The third-order valence-electron chi connectivity index (χ3n) is 1.93. The highest BCUT2D eigenvalue weighted by Crippen LogP contribution is 2.17. The molecule has 1 rings (SSSR count). The molecule has 4 nitrogen and oxygen atoms in total. The van der Waals surface area contributed by atoms with E-state index in [0.29, 0.717) is 0 Å². The van der Waals surface area contributed by atoms with Crippen molar-refractivity contribution in [3.63, 3.8) is 0 Å². The maximum atomic E-state index is 11.5. The summed E-state index contributed by atoms with van der Waals surface area (Å²) in [6, 6.07) is 3.68. The summed E-state index contributed by atoms with van der Waals surface area (Å²) in [6.45, 7) is 7.49. The molecule has 0 aliphatic carbocycles. The molecule has 1 amide bonds. The van der Waals surface area contributed by atoms with Crippen molar-refractivity contribution >= 4 is 22.0 Å². The number of nitrogens with one attached hydrogen (secondary N) is 1. The Bertz CT molecular complexity index is 384. The van der Waals surface area contributed by atoms with Crippen LogP contribution in [0.15, 0.2) is 22.8 Å². The van der Waals surface area contributed by atoms with Crippen molar-refractivity contribution in [3.05, 3.63) is 28.5 Å². The third kappa shape index (κ3) is 5.17. The number of aromatic nitrogens is 1. The van der Waals surface area contributed by atoms with Gasteiger partial charge in [-0.25, -0.2) is 4.79 Å². The van der Waals surface area contributed by atoms with Gasteiger partial charge in [-0.1, -0.05) is 0 Å². The first kappa shape index (κ1) is 14.0. The fourth-order valence-corrected chi connectivity index (χ4v) is 1.42. The molecule has 0 aliphatic heterocycles. The van der Waals surface area contributed by atoms with Crippen molar-refractivity contribution in [3.8, 4) is 0 Å². The van der Waals surface area contributed by atoms with Gasteiger partial charge >= 0.3 is 6.09 Å². The summed E-state index contributed by atoms with van der Waals surface area (Å²) in [5.74, 6) is 0. The number of halogens is 1. The number of amides is 1. The van der Waals surface area contributed by atoms with Crippen molar-refractivity contribution in [1.82, 2.24) is 10.3 Å². The van der Waals surface area contributed by atoms with Crippen molar-refractivity contribution in [1.29, 1.82) is 0 Å². The van der Waals surface area contributed by atoms with Crippen LogP contribution in [0.3, 0.4) is 0 Å². The molecule has 1 atom stereocenters. The minimum absolute atomic E-state index is 0.302. The Morgan fingerprint density at radius 2 is 2.12 bits per heavy atom. The predicted octanol–water partition coefficient (Wildman–Crippen LogP) is 3.43. The van der Waals surface area contributed by atoms with Crippen LogP contribution in [0.5, 0.6) is 0 Å². The van der Waals surface area contributed by atoms with Crippen LogP contribution in [0.4, 0.5) is 4.79 Å². The molecular formula is C12H17BrN2O2. The van der Waals surface area contributed by atoms with Crippen LogP contribution in [0, 0.1) is 0 Å². The highest BCUT2D eigenvalue weighted by atomic mass is 79.9. The van der Waals surface area contributed by atoms with E-state index in [2.05, 4.69) is 26.2 Å². The van der Waals surface area contributed by atoms with Crippen LogP contribution >= 0.6 is 15.9 Å². The standard InChI is InChI=1S/C12H17BrN2O2/c1-8(10-6-5-9(13)7-14-10)17-11(16)15-12(2,3)4/h5-8H,1-4H3,(H,15,16)/t8-/m0/s1. The Labute approximate surface area is 110 Å². The largest absolute Gasteiger partial charge is 0.440 e. The van der Waals surface area contributed by atoms with Gasteiger partial charge in [0.25, 0.3) is 0 Å². The fourth-order valence-electron chi connectivity index (χ4n) is 1.18. The van der Waals surface area contributed by atoms with Crippen molar-refractivity contribution in [2.75, 3.05) is 0 Å². The van der Waals surface area contributed by atoms with E-state index in [1.54, 1.807) is 13.1 Å². The molecule has 0 aromatic carbocycles. The lowest BCUT2D eigenvalue weighted by Crippen LogP contribution is -2.41. The zero-order valence-electron chi connectivity index (χ0n) is 10.5.